The highest BCUT2D eigenvalue weighted by molar-refractivity contribution is 5.81. The second-order valence-corrected chi connectivity index (χ2v) is 5.47. The number of fused-ring (bicyclic) bond motifs is 3. The van der Waals surface area contributed by atoms with E-state index in [1.54, 1.807) is 0 Å². The maximum Gasteiger partial charge on any atom is 0.116 e. The molecule has 0 heterocycles. The molecular weight excluding hydrogens is 228 g/mol. The second-order valence-electron chi connectivity index (χ2n) is 5.47. The van der Waals surface area contributed by atoms with E-state index in [0.29, 0.717) is 0 Å². The molecule has 0 aliphatic heterocycles. The Morgan fingerprint density at radius 3 is 2.26 bits per heavy atom. The Kier molecular flexibility index (Phi) is 2.64. The molecule has 0 aromatic heterocycles. The van der Waals surface area contributed by atoms with E-state index in [4.69, 9.17) is 0 Å². The highest BCUT2D eigenvalue weighted by atomic mass is 14.4. The Labute approximate surface area is 115 Å². The van der Waals surface area contributed by atoms with Crippen LogP contribution in [-0.4, -0.2) is 0 Å². The molecule has 0 saturated carbocycles. The molecule has 92 valence electrons. The monoisotopic (exact) mass is 245 g/mol. The Hall–Kier alpha value is -2.13. The van der Waals surface area contributed by atoms with Crippen molar-refractivity contribution in [1.82, 2.24) is 0 Å². The molecule has 0 N–H and O–H groups in total. The van der Waals surface area contributed by atoms with Gasteiger partial charge in [0.1, 0.15) is 11.5 Å². The van der Waals surface area contributed by atoms with Crippen molar-refractivity contribution < 1.29 is 0 Å². The minimum Gasteiger partial charge on any atom is -0.0618 e. The highest BCUT2D eigenvalue weighted by Gasteiger charge is 2.44. The van der Waals surface area contributed by atoms with Crippen molar-refractivity contribution in [3.8, 4) is 23.0 Å². The fourth-order valence-electron chi connectivity index (χ4n) is 3.02. The van der Waals surface area contributed by atoms with Gasteiger partial charge in [-0.3, -0.25) is 0 Å². The largest absolute Gasteiger partial charge is 0.116 e. The van der Waals surface area contributed by atoms with Gasteiger partial charge in [0.2, 0.25) is 0 Å². The smallest absolute Gasteiger partial charge is 0.0618 e. The first-order chi connectivity index (χ1) is 9.16. The molecule has 0 bridgehead atoms. The summed E-state index contributed by atoms with van der Waals surface area (Å²) in [4.78, 5) is 0. The van der Waals surface area contributed by atoms with Gasteiger partial charge in [0.25, 0.3) is 0 Å². The van der Waals surface area contributed by atoms with Crippen LogP contribution in [0.15, 0.2) is 48.5 Å². The van der Waals surface area contributed by atoms with Crippen LogP contribution in [-0.2, 0) is 5.41 Å². The molecule has 0 nitrogen and oxygen atoms in total. The van der Waals surface area contributed by atoms with Crippen LogP contribution < -0.4 is 0 Å². The summed E-state index contributed by atoms with van der Waals surface area (Å²) in [5.41, 5.74) is 5.25. The first-order valence-corrected chi connectivity index (χ1v) is 6.65. The Balaban J connectivity index is 2.37. The van der Waals surface area contributed by atoms with Crippen molar-refractivity contribution in [2.75, 3.05) is 0 Å². The third-order valence-electron chi connectivity index (χ3n) is 3.96. The minimum absolute atomic E-state index is 0.0338. The van der Waals surface area contributed by atoms with Crippen LogP contribution in [0, 0.1) is 17.8 Å². The van der Waals surface area contributed by atoms with Gasteiger partial charge >= 0.3 is 0 Å². The van der Waals surface area contributed by atoms with E-state index < -0.39 is 0 Å². The average Bonchev–Trinajstić information content (AvgIpc) is 2.44. The Bertz CT molecular complexity index is 680. The van der Waals surface area contributed by atoms with Gasteiger partial charge in [-0.1, -0.05) is 18.2 Å². The van der Waals surface area contributed by atoms with Crippen molar-refractivity contribution in [2.45, 2.75) is 26.2 Å². The number of hydrogen-bond acceptors (Lipinski definition) is 0. The van der Waals surface area contributed by atoms with Gasteiger partial charge in [0.05, 0.1) is 11.0 Å². The molecule has 2 aromatic carbocycles. The Morgan fingerprint density at radius 2 is 1.53 bits per heavy atom. The van der Waals surface area contributed by atoms with Crippen molar-refractivity contribution in [3.63, 3.8) is 0 Å². The second kappa shape index (κ2) is 4.21. The van der Waals surface area contributed by atoms with Crippen LogP contribution in [0.2, 0.25) is 0 Å². The van der Waals surface area contributed by atoms with Crippen LogP contribution in [0.25, 0.3) is 11.1 Å². The van der Waals surface area contributed by atoms with Gasteiger partial charge < -0.3 is 0 Å². The normalized spacial score (nSPS) is 15.0. The van der Waals surface area contributed by atoms with Crippen LogP contribution >= 0.6 is 0 Å². The van der Waals surface area contributed by atoms with Crippen molar-refractivity contribution in [2.24, 2.45) is 0 Å². The fourth-order valence-corrected chi connectivity index (χ4v) is 3.02. The summed E-state index contributed by atoms with van der Waals surface area (Å²) in [7, 11) is 0. The van der Waals surface area contributed by atoms with Gasteiger partial charge in [-0.15, -0.1) is 0 Å². The van der Waals surface area contributed by atoms with E-state index in [1.807, 2.05) is 6.92 Å². The van der Waals surface area contributed by atoms with Crippen molar-refractivity contribution in [3.05, 3.63) is 65.6 Å². The lowest BCUT2D eigenvalue weighted by molar-refractivity contribution is 0.586. The predicted molar refractivity (Wildman–Crippen MR) is 80.7 cm³/mol. The van der Waals surface area contributed by atoms with E-state index in [1.165, 1.54) is 28.2 Å². The molecule has 0 saturated heterocycles. The molecule has 19 heavy (non-hydrogen) atoms. The summed E-state index contributed by atoms with van der Waals surface area (Å²) in [5, 5.41) is 0. The molecule has 0 radical (unpaired) electrons. The van der Waals surface area contributed by atoms with Crippen molar-refractivity contribution in [1.29, 1.82) is 0 Å². The zero-order chi connectivity index (χ0) is 13.5. The number of hydrogen-bond donors (Lipinski definition) is 0. The predicted octanol–water partition coefficient (Wildman–Crippen LogP) is 4.59. The highest BCUT2D eigenvalue weighted by Crippen LogP contribution is 2.49. The lowest BCUT2D eigenvalue weighted by Crippen LogP contribution is -2.31. The third kappa shape index (κ3) is 1.66. The van der Waals surface area contributed by atoms with E-state index in [-0.39, 0.29) is 5.41 Å². The summed E-state index contributed by atoms with van der Waals surface area (Å²) < 4.78 is 0. The molecule has 1 aliphatic carbocycles. The fraction of sp³-hybridized carbons (Fsp3) is 0.211. The van der Waals surface area contributed by atoms with E-state index in [9.17, 15) is 0 Å². The van der Waals surface area contributed by atoms with E-state index in [2.05, 4.69) is 74.2 Å². The molecule has 1 aliphatic rings. The van der Waals surface area contributed by atoms with Gasteiger partial charge in [-0.05, 0) is 43.7 Å². The van der Waals surface area contributed by atoms with Crippen LogP contribution in [0.5, 0.6) is 0 Å². The summed E-state index contributed by atoms with van der Waals surface area (Å²) in [5.74, 6) is 7.64. The van der Waals surface area contributed by atoms with Gasteiger partial charge in [0.15, 0.2) is 0 Å². The minimum atomic E-state index is -0.0338. The standard InChI is InChI=1S/C19H17/c1-4-9-17-15-11-6-5-10-14(15)16-12-7-8-13-18(16)19(17,2)3/h5-8,10-13H,1-3H3/q+1. The maximum absolute atomic E-state index is 3.34. The molecule has 0 unspecified atom stereocenters. The summed E-state index contributed by atoms with van der Waals surface area (Å²) in [6.45, 7) is 6.44. The maximum atomic E-state index is 3.34. The average molecular weight is 245 g/mol. The topological polar surface area (TPSA) is 0 Å². The molecule has 0 amide bonds. The summed E-state index contributed by atoms with van der Waals surface area (Å²) >= 11 is 0. The zero-order valence-electron chi connectivity index (χ0n) is 11.6. The van der Waals surface area contributed by atoms with Gasteiger partial charge in [-0.2, -0.15) is 0 Å². The van der Waals surface area contributed by atoms with Crippen LogP contribution in [0.4, 0.5) is 0 Å². The number of rotatable bonds is 0. The lowest BCUT2D eigenvalue weighted by Gasteiger charge is -2.33. The summed E-state index contributed by atoms with van der Waals surface area (Å²) in [6.07, 6.45) is 0. The molecule has 0 fully saturated rings. The Morgan fingerprint density at radius 1 is 0.895 bits per heavy atom. The lowest BCUT2D eigenvalue weighted by atomic mass is 9.63. The summed E-state index contributed by atoms with van der Waals surface area (Å²) in [6, 6.07) is 17.3. The first-order valence-electron chi connectivity index (χ1n) is 6.65. The van der Waals surface area contributed by atoms with Gasteiger partial charge in [0, 0.05) is 30.4 Å². The number of benzene rings is 2. The first kappa shape index (κ1) is 11.9. The molecule has 0 heteroatoms. The molecular formula is C19H17+. The van der Waals surface area contributed by atoms with Crippen LogP contribution in [0.3, 0.4) is 0 Å². The zero-order valence-corrected chi connectivity index (χ0v) is 11.6. The van der Waals surface area contributed by atoms with Crippen molar-refractivity contribution >= 4 is 0 Å². The molecule has 3 rings (SSSR count). The molecule has 2 aromatic rings. The van der Waals surface area contributed by atoms with Gasteiger partial charge in [-0.25, -0.2) is 0 Å². The quantitative estimate of drug-likeness (QED) is 0.470. The molecule has 0 spiro atoms. The van der Waals surface area contributed by atoms with E-state index >= 15 is 0 Å². The van der Waals surface area contributed by atoms with Crippen LogP contribution in [0.1, 0.15) is 31.9 Å². The van der Waals surface area contributed by atoms with E-state index in [0.717, 1.165) is 0 Å². The SMILES string of the molecule is CC#C[C+]1c2ccccc2-c2ccccc2C1(C)C. The third-order valence-corrected chi connectivity index (χ3v) is 3.96. The molecule has 0 atom stereocenters.